The molecule has 0 amide bonds. The summed E-state index contributed by atoms with van der Waals surface area (Å²) < 4.78 is 0. The van der Waals surface area contributed by atoms with Crippen LogP contribution in [0.1, 0.15) is 11.1 Å². The molecule has 2 aromatic carbocycles. The first-order valence-electron chi connectivity index (χ1n) is 5.45. The van der Waals surface area contributed by atoms with Gasteiger partial charge in [0.05, 0.1) is 0 Å². The quantitative estimate of drug-likeness (QED) is 0.841. The Morgan fingerprint density at radius 1 is 0.941 bits per heavy atom. The molecule has 0 aliphatic carbocycles. The predicted molar refractivity (Wildman–Crippen MR) is 75.3 cm³/mol. The summed E-state index contributed by atoms with van der Waals surface area (Å²) in [6, 6.07) is 16.2. The first-order valence-corrected chi connectivity index (χ1v) is 6.81. The molecule has 0 bridgehead atoms. The van der Waals surface area contributed by atoms with Crippen LogP contribution in [0.3, 0.4) is 0 Å². The number of nitrogens with two attached hydrogens (primary N) is 1. The van der Waals surface area contributed by atoms with Crippen LogP contribution in [0.15, 0.2) is 53.4 Å². The van der Waals surface area contributed by atoms with Gasteiger partial charge in [0.2, 0.25) is 0 Å². The van der Waals surface area contributed by atoms with Gasteiger partial charge in [-0.3, -0.25) is 0 Å². The number of hydrogen-bond acceptors (Lipinski definition) is 2. The number of thioether (sulfide) groups is 1. The summed E-state index contributed by atoms with van der Waals surface area (Å²) in [7, 11) is 0. The van der Waals surface area contributed by atoms with Crippen LogP contribution in [-0.4, -0.2) is 0 Å². The number of rotatable bonds is 4. The van der Waals surface area contributed by atoms with Crippen molar-refractivity contribution < 1.29 is 0 Å². The Kier molecular flexibility index (Phi) is 4.49. The zero-order chi connectivity index (χ0) is 12.1. The summed E-state index contributed by atoms with van der Waals surface area (Å²) in [5.74, 6) is 0.939. The highest BCUT2D eigenvalue weighted by molar-refractivity contribution is 7.98. The molecule has 3 heteroatoms. The number of hydrogen-bond donors (Lipinski definition) is 1. The fourth-order valence-electron chi connectivity index (χ4n) is 1.59. The van der Waals surface area contributed by atoms with Crippen molar-refractivity contribution in [2.75, 3.05) is 0 Å². The summed E-state index contributed by atoms with van der Waals surface area (Å²) in [6.45, 7) is 0.595. The van der Waals surface area contributed by atoms with Crippen molar-refractivity contribution in [3.8, 4) is 0 Å². The van der Waals surface area contributed by atoms with Gasteiger partial charge in [-0.25, -0.2) is 0 Å². The van der Waals surface area contributed by atoms with Crippen molar-refractivity contribution in [1.82, 2.24) is 0 Å². The van der Waals surface area contributed by atoms with E-state index >= 15 is 0 Å². The van der Waals surface area contributed by atoms with E-state index in [0.717, 1.165) is 10.8 Å². The average molecular weight is 264 g/mol. The second-order valence-corrected chi connectivity index (χ2v) is 5.20. The van der Waals surface area contributed by atoms with Crippen LogP contribution in [0.4, 0.5) is 0 Å². The highest BCUT2D eigenvalue weighted by atomic mass is 35.5. The standard InChI is InChI=1S/C14H14ClNS/c15-13-5-7-14(8-6-13)17-10-12-4-2-1-3-11(12)9-16/h1-8H,9-10,16H2. The molecular formula is C14H14ClNS. The van der Waals surface area contributed by atoms with Gasteiger partial charge in [0.15, 0.2) is 0 Å². The zero-order valence-electron chi connectivity index (χ0n) is 9.40. The average Bonchev–Trinajstić information content (AvgIpc) is 2.38. The van der Waals surface area contributed by atoms with Crippen LogP contribution in [0.2, 0.25) is 5.02 Å². The molecule has 0 aromatic heterocycles. The van der Waals surface area contributed by atoms with E-state index in [9.17, 15) is 0 Å². The van der Waals surface area contributed by atoms with E-state index in [2.05, 4.69) is 18.2 Å². The van der Waals surface area contributed by atoms with Gasteiger partial charge in [-0.05, 0) is 35.4 Å². The van der Waals surface area contributed by atoms with E-state index in [1.165, 1.54) is 16.0 Å². The maximum atomic E-state index is 5.85. The molecule has 0 saturated carbocycles. The molecule has 0 saturated heterocycles. The van der Waals surface area contributed by atoms with Crippen LogP contribution in [0.5, 0.6) is 0 Å². The van der Waals surface area contributed by atoms with Gasteiger partial charge in [-0.1, -0.05) is 35.9 Å². The van der Waals surface area contributed by atoms with Gasteiger partial charge in [0.1, 0.15) is 0 Å². The van der Waals surface area contributed by atoms with E-state index in [-0.39, 0.29) is 0 Å². The summed E-state index contributed by atoms with van der Waals surface area (Å²) in [4.78, 5) is 1.22. The monoisotopic (exact) mass is 263 g/mol. The summed E-state index contributed by atoms with van der Waals surface area (Å²) >= 11 is 7.65. The van der Waals surface area contributed by atoms with Crippen molar-refractivity contribution in [1.29, 1.82) is 0 Å². The third-order valence-electron chi connectivity index (χ3n) is 2.55. The topological polar surface area (TPSA) is 26.0 Å². The molecule has 2 rings (SSSR count). The fraction of sp³-hybridized carbons (Fsp3) is 0.143. The van der Waals surface area contributed by atoms with Crippen molar-refractivity contribution in [2.45, 2.75) is 17.2 Å². The van der Waals surface area contributed by atoms with Gasteiger partial charge in [-0.2, -0.15) is 0 Å². The van der Waals surface area contributed by atoms with E-state index in [0.29, 0.717) is 6.54 Å². The minimum Gasteiger partial charge on any atom is -0.326 e. The van der Waals surface area contributed by atoms with Gasteiger partial charge in [-0.15, -0.1) is 11.8 Å². The highest BCUT2D eigenvalue weighted by Gasteiger charge is 2.01. The molecule has 2 aromatic rings. The van der Waals surface area contributed by atoms with Crippen LogP contribution >= 0.6 is 23.4 Å². The van der Waals surface area contributed by atoms with E-state index in [1.54, 1.807) is 11.8 Å². The summed E-state index contributed by atoms with van der Waals surface area (Å²) in [5.41, 5.74) is 8.23. The molecule has 0 radical (unpaired) electrons. The molecule has 0 aliphatic rings. The second-order valence-electron chi connectivity index (χ2n) is 3.72. The van der Waals surface area contributed by atoms with Crippen molar-refractivity contribution in [2.24, 2.45) is 5.73 Å². The Labute approximate surface area is 111 Å². The number of benzene rings is 2. The molecule has 0 spiro atoms. The molecule has 17 heavy (non-hydrogen) atoms. The zero-order valence-corrected chi connectivity index (χ0v) is 11.0. The summed E-state index contributed by atoms with van der Waals surface area (Å²) in [6.07, 6.45) is 0. The van der Waals surface area contributed by atoms with Gasteiger partial charge in [0, 0.05) is 22.2 Å². The van der Waals surface area contributed by atoms with Crippen LogP contribution in [0.25, 0.3) is 0 Å². The Morgan fingerprint density at radius 2 is 1.59 bits per heavy atom. The molecule has 0 heterocycles. The predicted octanol–water partition coefficient (Wildman–Crippen LogP) is 4.09. The van der Waals surface area contributed by atoms with E-state index < -0.39 is 0 Å². The van der Waals surface area contributed by atoms with Crippen molar-refractivity contribution in [3.63, 3.8) is 0 Å². The van der Waals surface area contributed by atoms with Crippen LogP contribution < -0.4 is 5.73 Å². The smallest absolute Gasteiger partial charge is 0.0406 e. The highest BCUT2D eigenvalue weighted by Crippen LogP contribution is 2.25. The molecule has 0 atom stereocenters. The molecular weight excluding hydrogens is 250 g/mol. The molecule has 0 unspecified atom stereocenters. The lowest BCUT2D eigenvalue weighted by Gasteiger charge is -2.07. The lowest BCUT2D eigenvalue weighted by Crippen LogP contribution is -2.00. The number of halogens is 1. The van der Waals surface area contributed by atoms with Crippen molar-refractivity contribution >= 4 is 23.4 Å². The van der Waals surface area contributed by atoms with Gasteiger partial charge in [0.25, 0.3) is 0 Å². The minimum absolute atomic E-state index is 0.595. The molecule has 0 aliphatic heterocycles. The van der Waals surface area contributed by atoms with E-state index in [4.69, 9.17) is 17.3 Å². The Balaban J connectivity index is 2.04. The Bertz CT molecular complexity index is 482. The second kappa shape index (κ2) is 6.10. The summed E-state index contributed by atoms with van der Waals surface area (Å²) in [5, 5.41) is 0.775. The molecule has 1 nitrogen and oxygen atoms in total. The SMILES string of the molecule is NCc1ccccc1CSc1ccc(Cl)cc1. The fourth-order valence-corrected chi connectivity index (χ4v) is 2.65. The van der Waals surface area contributed by atoms with Crippen LogP contribution in [-0.2, 0) is 12.3 Å². The first-order chi connectivity index (χ1) is 8.29. The maximum absolute atomic E-state index is 5.85. The molecule has 0 fully saturated rings. The third-order valence-corrected chi connectivity index (χ3v) is 3.86. The lowest BCUT2D eigenvalue weighted by molar-refractivity contribution is 1.04. The third kappa shape index (κ3) is 3.50. The van der Waals surface area contributed by atoms with Crippen LogP contribution in [0, 0.1) is 0 Å². The molecule has 2 N–H and O–H groups in total. The minimum atomic E-state index is 0.595. The Hall–Kier alpha value is -0.960. The Morgan fingerprint density at radius 3 is 2.24 bits per heavy atom. The lowest BCUT2D eigenvalue weighted by atomic mass is 10.1. The normalized spacial score (nSPS) is 10.5. The van der Waals surface area contributed by atoms with Gasteiger partial charge >= 0.3 is 0 Å². The first kappa shape index (κ1) is 12.5. The van der Waals surface area contributed by atoms with Crippen molar-refractivity contribution in [3.05, 3.63) is 64.7 Å². The molecule has 88 valence electrons. The van der Waals surface area contributed by atoms with E-state index in [1.807, 2.05) is 30.3 Å². The van der Waals surface area contributed by atoms with Gasteiger partial charge < -0.3 is 5.73 Å². The largest absolute Gasteiger partial charge is 0.326 e. The maximum Gasteiger partial charge on any atom is 0.0406 e.